The van der Waals surface area contributed by atoms with E-state index in [0.29, 0.717) is 10.8 Å². The first-order valence-electron chi connectivity index (χ1n) is 11.3. The van der Waals surface area contributed by atoms with Crippen LogP contribution in [0.2, 0.25) is 0 Å². The van der Waals surface area contributed by atoms with E-state index in [0.717, 1.165) is 17.3 Å². The van der Waals surface area contributed by atoms with Gasteiger partial charge in [-0.2, -0.15) is 0 Å². The van der Waals surface area contributed by atoms with E-state index in [-0.39, 0.29) is 40.3 Å². The van der Waals surface area contributed by atoms with Gasteiger partial charge in [-0.1, -0.05) is 72.4 Å². The Bertz CT molecular complexity index is 1390. The van der Waals surface area contributed by atoms with Gasteiger partial charge in [0.2, 0.25) is 5.91 Å². The molecule has 180 valence electrons. The van der Waals surface area contributed by atoms with Crippen molar-refractivity contribution in [1.29, 1.82) is 0 Å². The van der Waals surface area contributed by atoms with Gasteiger partial charge in [-0.3, -0.25) is 9.36 Å². The highest BCUT2D eigenvalue weighted by molar-refractivity contribution is 8.10. The van der Waals surface area contributed by atoms with Crippen LogP contribution in [-0.4, -0.2) is 35.1 Å². The molecule has 8 heteroatoms. The number of ether oxygens (including phenoxy) is 2. The van der Waals surface area contributed by atoms with Crippen molar-refractivity contribution < 1.29 is 23.9 Å². The number of hydrogen-bond donors (Lipinski definition) is 1. The average molecular weight is 491 g/mol. The number of nitrogens with two attached hydrogens (primary N) is 1. The fourth-order valence-electron chi connectivity index (χ4n) is 3.91. The third-order valence-electron chi connectivity index (χ3n) is 5.35. The molecule has 0 saturated carbocycles. The summed E-state index contributed by atoms with van der Waals surface area (Å²) in [4.78, 5) is 40.4. The summed E-state index contributed by atoms with van der Waals surface area (Å²) in [5.41, 5.74) is 7.96. The van der Waals surface area contributed by atoms with E-state index in [9.17, 15) is 14.4 Å². The molecule has 0 fully saturated rings. The molecule has 0 radical (unpaired) electrons. The van der Waals surface area contributed by atoms with Gasteiger partial charge in [0.1, 0.15) is 10.2 Å². The summed E-state index contributed by atoms with van der Waals surface area (Å²) >= 11 is 1.10. The quantitative estimate of drug-likeness (QED) is 0.529. The van der Waals surface area contributed by atoms with E-state index in [4.69, 9.17) is 15.2 Å². The Kier molecular flexibility index (Phi) is 7.12. The second kappa shape index (κ2) is 10.2. The van der Waals surface area contributed by atoms with Gasteiger partial charge in [0, 0.05) is 5.22 Å². The van der Waals surface area contributed by atoms with Crippen LogP contribution in [0.3, 0.4) is 0 Å². The van der Waals surface area contributed by atoms with Crippen molar-refractivity contribution in [2.45, 2.75) is 32.1 Å². The van der Waals surface area contributed by atoms with E-state index in [2.05, 4.69) is 0 Å². The fourth-order valence-corrected chi connectivity index (χ4v) is 5.10. The number of hydrogen-bond acceptors (Lipinski definition) is 7. The van der Waals surface area contributed by atoms with E-state index in [1.807, 2.05) is 48.5 Å². The Morgan fingerprint density at radius 1 is 1.06 bits per heavy atom. The molecular formula is C27H26N2O5S. The lowest BCUT2D eigenvalue weighted by atomic mass is 10.1. The molecule has 4 rings (SSSR count). The van der Waals surface area contributed by atoms with Crippen LogP contribution in [-0.2, 0) is 14.3 Å². The highest BCUT2D eigenvalue weighted by Crippen LogP contribution is 2.39. The van der Waals surface area contributed by atoms with Crippen molar-refractivity contribution in [2.24, 2.45) is 0 Å². The minimum absolute atomic E-state index is 0.0693. The molecule has 0 saturated heterocycles. The monoisotopic (exact) mass is 490 g/mol. The van der Waals surface area contributed by atoms with E-state index >= 15 is 0 Å². The SMILES string of the molecule is CCOC(=O)c1c(N)/c(=C\c2ccccc2)c2n1C(=O)[C@@H](c1ccccc1)SC=2C(=O)OC(C)C. The summed E-state index contributed by atoms with van der Waals surface area (Å²) in [5, 5.41) is -0.146. The number of benzene rings is 2. The molecule has 1 atom stereocenters. The predicted octanol–water partition coefficient (Wildman–Crippen LogP) is 3.26. The lowest BCUT2D eigenvalue weighted by Crippen LogP contribution is -2.43. The molecule has 0 bridgehead atoms. The first-order valence-corrected chi connectivity index (χ1v) is 12.2. The van der Waals surface area contributed by atoms with Gasteiger partial charge in [-0.05, 0) is 38.0 Å². The molecule has 3 aromatic rings. The third-order valence-corrected chi connectivity index (χ3v) is 6.66. The van der Waals surface area contributed by atoms with Gasteiger partial charge in [-0.25, -0.2) is 9.59 Å². The zero-order chi connectivity index (χ0) is 25.1. The maximum atomic E-state index is 13.9. The lowest BCUT2D eigenvalue weighted by molar-refractivity contribution is -0.139. The van der Waals surface area contributed by atoms with Gasteiger partial charge in [0.25, 0.3) is 0 Å². The van der Waals surface area contributed by atoms with Crippen LogP contribution >= 0.6 is 11.8 Å². The largest absolute Gasteiger partial charge is 0.461 e. The van der Waals surface area contributed by atoms with Crippen LogP contribution in [0.15, 0.2) is 60.7 Å². The standard InChI is InChI=1S/C27H26N2O5S/c1-4-33-26(31)22-20(28)19(15-17-11-7-5-8-12-17)21-24(27(32)34-16(2)3)35-23(25(30)29(21)22)18-13-9-6-10-14-18/h5-16,23H,4,28H2,1-3H3/b19-15+/t23-/m1/s1. The Labute approximate surface area is 207 Å². The highest BCUT2D eigenvalue weighted by Gasteiger charge is 2.38. The summed E-state index contributed by atoms with van der Waals surface area (Å²) in [6.07, 6.45) is 1.37. The van der Waals surface area contributed by atoms with Gasteiger partial charge in [0.05, 0.1) is 23.7 Å². The van der Waals surface area contributed by atoms with Gasteiger partial charge in [-0.15, -0.1) is 0 Å². The first kappa shape index (κ1) is 24.3. The number of rotatable bonds is 6. The minimum atomic E-state index is -0.775. The van der Waals surface area contributed by atoms with E-state index in [1.165, 1.54) is 4.57 Å². The molecule has 1 aromatic heterocycles. The number of aromatic nitrogens is 1. The maximum absolute atomic E-state index is 13.9. The predicted molar refractivity (Wildman–Crippen MR) is 136 cm³/mol. The molecular weight excluding hydrogens is 464 g/mol. The van der Waals surface area contributed by atoms with Crippen molar-refractivity contribution in [3.63, 3.8) is 0 Å². The number of carbonyl (C=O) groups is 3. The number of carbonyl (C=O) groups excluding carboxylic acids is 3. The van der Waals surface area contributed by atoms with Crippen LogP contribution in [0.4, 0.5) is 5.69 Å². The van der Waals surface area contributed by atoms with Crippen LogP contribution in [0, 0.1) is 0 Å². The Morgan fingerprint density at radius 3 is 2.29 bits per heavy atom. The second-order valence-corrected chi connectivity index (χ2v) is 9.28. The van der Waals surface area contributed by atoms with Crippen molar-refractivity contribution >= 4 is 46.3 Å². The number of esters is 2. The number of anilines is 1. The second-order valence-electron chi connectivity index (χ2n) is 8.17. The molecule has 2 heterocycles. The number of nitrogens with zero attached hydrogens (tertiary/aromatic N) is 1. The summed E-state index contributed by atoms with van der Waals surface area (Å²) in [6, 6.07) is 18.4. The maximum Gasteiger partial charge on any atom is 0.357 e. The van der Waals surface area contributed by atoms with E-state index < -0.39 is 17.2 Å². The van der Waals surface area contributed by atoms with Crippen LogP contribution in [0.25, 0.3) is 11.0 Å². The molecule has 2 N–H and O–H groups in total. The molecule has 35 heavy (non-hydrogen) atoms. The van der Waals surface area contributed by atoms with Gasteiger partial charge in [0.15, 0.2) is 5.69 Å². The lowest BCUT2D eigenvalue weighted by Gasteiger charge is -2.24. The summed E-state index contributed by atoms with van der Waals surface area (Å²) < 4.78 is 12.0. The summed E-state index contributed by atoms with van der Waals surface area (Å²) in [6.45, 7) is 5.28. The van der Waals surface area contributed by atoms with Crippen LogP contribution < -0.4 is 16.3 Å². The first-order chi connectivity index (χ1) is 16.8. The Hall–Kier alpha value is -3.78. The summed E-state index contributed by atoms with van der Waals surface area (Å²) in [5.74, 6) is -1.71. The minimum Gasteiger partial charge on any atom is -0.461 e. The molecule has 0 aliphatic carbocycles. The molecule has 7 nitrogen and oxygen atoms in total. The normalized spacial score (nSPS) is 15.8. The molecule has 0 amide bonds. The van der Waals surface area contributed by atoms with Crippen molar-refractivity contribution in [3.8, 4) is 0 Å². The molecule has 1 aliphatic rings. The number of nitrogen functional groups attached to an aromatic ring is 1. The number of thioether (sulfide) groups is 1. The Balaban J connectivity index is 2.10. The average Bonchev–Trinajstić information content (AvgIpc) is 3.13. The summed E-state index contributed by atoms with van der Waals surface area (Å²) in [7, 11) is 0. The van der Waals surface area contributed by atoms with Gasteiger partial charge < -0.3 is 15.2 Å². The number of fused-ring (bicyclic) bond motifs is 1. The van der Waals surface area contributed by atoms with Gasteiger partial charge >= 0.3 is 11.9 Å². The molecule has 2 aromatic carbocycles. The van der Waals surface area contributed by atoms with Crippen molar-refractivity contribution in [3.05, 3.63) is 88.1 Å². The zero-order valence-electron chi connectivity index (χ0n) is 19.7. The highest BCUT2D eigenvalue weighted by atomic mass is 32.2. The molecule has 0 unspecified atom stereocenters. The smallest absolute Gasteiger partial charge is 0.357 e. The van der Waals surface area contributed by atoms with Crippen LogP contribution in [0.5, 0.6) is 0 Å². The molecule has 0 spiro atoms. The topological polar surface area (TPSA) is 101 Å². The zero-order valence-corrected chi connectivity index (χ0v) is 20.5. The van der Waals surface area contributed by atoms with E-state index in [1.54, 1.807) is 39.0 Å². The third kappa shape index (κ3) is 4.74. The van der Waals surface area contributed by atoms with Crippen molar-refractivity contribution in [1.82, 2.24) is 4.57 Å². The van der Waals surface area contributed by atoms with Crippen LogP contribution in [0.1, 0.15) is 52.4 Å². The van der Waals surface area contributed by atoms with Crippen molar-refractivity contribution in [2.75, 3.05) is 12.3 Å². The molecule has 1 aliphatic heterocycles. The fraction of sp³-hybridized carbons (Fsp3) is 0.222. The Morgan fingerprint density at radius 2 is 1.69 bits per heavy atom.